The van der Waals surface area contributed by atoms with Crippen LogP contribution in [0.15, 0.2) is 0 Å². The Balaban J connectivity index is 2.82. The molecular weight excluding hydrogens is 174 g/mol. The standard InChI is InChI=1S/C8H10ClN3/c1-5-6-4-10-8(9)3-7(6)12(2)11-5/h3-4,8,10H,1-2H3. The van der Waals surface area contributed by atoms with Crippen LogP contribution in [0, 0.1) is 6.92 Å². The Morgan fingerprint density at radius 3 is 3.17 bits per heavy atom. The van der Waals surface area contributed by atoms with Crippen molar-refractivity contribution in [2.24, 2.45) is 7.05 Å². The van der Waals surface area contributed by atoms with Gasteiger partial charge in [0.2, 0.25) is 0 Å². The van der Waals surface area contributed by atoms with Gasteiger partial charge in [0.05, 0.1) is 11.0 Å². The van der Waals surface area contributed by atoms with Crippen LogP contribution in [0.5, 0.6) is 0 Å². The maximum absolute atomic E-state index is 5.89. The molecule has 1 aromatic heterocycles. The van der Waals surface area contributed by atoms with E-state index in [0.29, 0.717) is 0 Å². The number of halogens is 1. The molecule has 1 aliphatic heterocycles. The monoisotopic (exact) mass is 183 g/mol. The van der Waals surface area contributed by atoms with Gasteiger partial charge >= 0.3 is 0 Å². The van der Waals surface area contributed by atoms with Gasteiger partial charge < -0.3 is 5.32 Å². The van der Waals surface area contributed by atoms with Crippen LogP contribution in [-0.2, 0) is 7.05 Å². The molecule has 0 radical (unpaired) electrons. The Hall–Kier alpha value is -0.960. The maximum atomic E-state index is 5.89. The molecule has 64 valence electrons. The fraction of sp³-hybridized carbons (Fsp3) is 0.375. The molecule has 0 amide bonds. The Morgan fingerprint density at radius 1 is 1.67 bits per heavy atom. The third-order valence-electron chi connectivity index (χ3n) is 2.01. The fourth-order valence-electron chi connectivity index (χ4n) is 1.42. The molecule has 0 saturated carbocycles. The van der Waals surface area contributed by atoms with Crippen LogP contribution in [-0.4, -0.2) is 15.3 Å². The van der Waals surface area contributed by atoms with Crippen molar-refractivity contribution in [2.45, 2.75) is 12.4 Å². The molecule has 2 rings (SSSR count). The van der Waals surface area contributed by atoms with Gasteiger partial charge in [0.25, 0.3) is 0 Å². The Kier molecular flexibility index (Phi) is 1.61. The van der Waals surface area contributed by atoms with E-state index in [-0.39, 0.29) is 5.50 Å². The van der Waals surface area contributed by atoms with Gasteiger partial charge in [-0.25, -0.2) is 0 Å². The topological polar surface area (TPSA) is 29.9 Å². The van der Waals surface area contributed by atoms with Gasteiger partial charge in [0, 0.05) is 18.5 Å². The lowest BCUT2D eigenvalue weighted by Crippen LogP contribution is -2.38. The Bertz CT molecular complexity index is 418. The molecule has 4 heteroatoms. The fourth-order valence-corrected chi connectivity index (χ4v) is 1.60. The van der Waals surface area contributed by atoms with Crippen LogP contribution >= 0.6 is 11.6 Å². The summed E-state index contributed by atoms with van der Waals surface area (Å²) in [6.07, 6.45) is 3.87. The van der Waals surface area contributed by atoms with Crippen molar-refractivity contribution < 1.29 is 0 Å². The molecule has 0 aliphatic carbocycles. The first-order chi connectivity index (χ1) is 5.68. The second-order valence-corrected chi connectivity index (χ2v) is 3.36. The van der Waals surface area contributed by atoms with E-state index in [1.807, 2.05) is 30.9 Å². The molecular formula is C8H10ClN3. The lowest BCUT2D eigenvalue weighted by Gasteiger charge is -2.06. The summed E-state index contributed by atoms with van der Waals surface area (Å²) in [5.41, 5.74) is 0.909. The van der Waals surface area contributed by atoms with Crippen LogP contribution in [0.25, 0.3) is 12.3 Å². The zero-order chi connectivity index (χ0) is 8.72. The van der Waals surface area contributed by atoms with Crippen LogP contribution in [0.3, 0.4) is 0 Å². The molecule has 12 heavy (non-hydrogen) atoms. The van der Waals surface area contributed by atoms with Crippen molar-refractivity contribution in [2.75, 3.05) is 0 Å². The summed E-state index contributed by atoms with van der Waals surface area (Å²) in [4.78, 5) is 0. The number of aryl methyl sites for hydroxylation is 2. The summed E-state index contributed by atoms with van der Waals surface area (Å²) in [6, 6.07) is 0. The average molecular weight is 184 g/mol. The van der Waals surface area contributed by atoms with E-state index in [1.165, 1.54) is 0 Å². The largest absolute Gasteiger partial charge is 0.371 e. The van der Waals surface area contributed by atoms with Gasteiger partial charge in [0.1, 0.15) is 5.50 Å². The second-order valence-electron chi connectivity index (χ2n) is 2.89. The first-order valence-corrected chi connectivity index (χ1v) is 4.24. The number of alkyl halides is 1. The van der Waals surface area contributed by atoms with E-state index >= 15 is 0 Å². The molecule has 1 atom stereocenters. The molecule has 1 unspecified atom stereocenters. The van der Waals surface area contributed by atoms with Gasteiger partial charge in [-0.3, -0.25) is 4.68 Å². The number of nitrogens with zero attached hydrogens (tertiary/aromatic N) is 2. The van der Waals surface area contributed by atoms with E-state index < -0.39 is 0 Å². The van der Waals surface area contributed by atoms with Crippen LogP contribution < -0.4 is 15.9 Å². The van der Waals surface area contributed by atoms with E-state index in [1.54, 1.807) is 0 Å². The van der Waals surface area contributed by atoms with Crippen LogP contribution in [0.4, 0.5) is 0 Å². The predicted octanol–water partition coefficient (Wildman–Crippen LogP) is -0.585. The number of hydrogen-bond acceptors (Lipinski definition) is 2. The molecule has 0 fully saturated rings. The SMILES string of the molecule is Cc1nn(C)c2c1=CNC(Cl)C=2. The van der Waals surface area contributed by atoms with Crippen molar-refractivity contribution >= 4 is 23.9 Å². The quantitative estimate of drug-likeness (QED) is 0.431. The van der Waals surface area contributed by atoms with Crippen molar-refractivity contribution in [3.8, 4) is 0 Å². The van der Waals surface area contributed by atoms with Crippen molar-refractivity contribution in [3.63, 3.8) is 0 Å². The lowest BCUT2D eigenvalue weighted by molar-refractivity contribution is 0.730. The molecule has 1 aromatic rings. The Labute approximate surface area is 75.3 Å². The highest BCUT2D eigenvalue weighted by Crippen LogP contribution is 1.94. The van der Waals surface area contributed by atoms with E-state index in [2.05, 4.69) is 10.4 Å². The van der Waals surface area contributed by atoms with Crippen molar-refractivity contribution in [1.82, 2.24) is 15.1 Å². The molecule has 0 bridgehead atoms. The highest BCUT2D eigenvalue weighted by atomic mass is 35.5. The third kappa shape index (κ3) is 1.01. The molecule has 1 N–H and O–H groups in total. The van der Waals surface area contributed by atoms with E-state index in [9.17, 15) is 0 Å². The molecule has 1 aliphatic rings. The lowest BCUT2D eigenvalue weighted by atomic mass is 10.3. The van der Waals surface area contributed by atoms with E-state index in [4.69, 9.17) is 11.6 Å². The Morgan fingerprint density at radius 2 is 2.42 bits per heavy atom. The predicted molar refractivity (Wildman–Crippen MR) is 48.9 cm³/mol. The summed E-state index contributed by atoms with van der Waals surface area (Å²) in [5.74, 6) is 0. The van der Waals surface area contributed by atoms with Crippen LogP contribution in [0.2, 0.25) is 0 Å². The summed E-state index contributed by atoms with van der Waals surface area (Å²) >= 11 is 5.89. The summed E-state index contributed by atoms with van der Waals surface area (Å²) in [5, 5.41) is 9.53. The van der Waals surface area contributed by atoms with Gasteiger partial charge in [-0.15, -0.1) is 0 Å². The number of rotatable bonds is 0. The van der Waals surface area contributed by atoms with Gasteiger partial charge in [-0.1, -0.05) is 11.6 Å². The summed E-state index contributed by atoms with van der Waals surface area (Å²) in [6.45, 7) is 1.99. The third-order valence-corrected chi connectivity index (χ3v) is 2.26. The number of nitrogens with one attached hydrogen (secondary N) is 1. The molecule has 0 aromatic carbocycles. The second kappa shape index (κ2) is 2.52. The van der Waals surface area contributed by atoms with Crippen molar-refractivity contribution in [3.05, 3.63) is 16.3 Å². The average Bonchev–Trinajstić information content (AvgIpc) is 2.28. The van der Waals surface area contributed by atoms with Gasteiger partial charge in [0.15, 0.2) is 0 Å². The molecule has 3 nitrogen and oxygen atoms in total. The number of fused-ring (bicyclic) bond motifs is 1. The minimum Gasteiger partial charge on any atom is -0.371 e. The van der Waals surface area contributed by atoms with Gasteiger partial charge in [-0.2, -0.15) is 5.10 Å². The molecule has 0 saturated heterocycles. The highest BCUT2D eigenvalue weighted by Gasteiger charge is 2.06. The zero-order valence-corrected chi connectivity index (χ0v) is 7.76. The smallest absolute Gasteiger partial charge is 0.122 e. The number of aromatic nitrogens is 2. The van der Waals surface area contributed by atoms with Crippen LogP contribution in [0.1, 0.15) is 5.69 Å². The molecule has 2 heterocycles. The minimum absolute atomic E-state index is 0.118. The first-order valence-electron chi connectivity index (χ1n) is 3.80. The van der Waals surface area contributed by atoms with Crippen molar-refractivity contribution in [1.29, 1.82) is 0 Å². The summed E-state index contributed by atoms with van der Waals surface area (Å²) in [7, 11) is 1.92. The minimum atomic E-state index is -0.118. The first kappa shape index (κ1) is 7.68. The molecule has 0 spiro atoms. The number of hydrogen-bond donors (Lipinski definition) is 1. The van der Waals surface area contributed by atoms with Gasteiger partial charge in [-0.05, 0) is 13.0 Å². The summed E-state index contributed by atoms with van der Waals surface area (Å²) < 4.78 is 1.84. The van der Waals surface area contributed by atoms with E-state index in [0.717, 1.165) is 16.3 Å². The maximum Gasteiger partial charge on any atom is 0.122 e. The normalized spacial score (nSPS) is 20.4. The zero-order valence-electron chi connectivity index (χ0n) is 7.00. The highest BCUT2D eigenvalue weighted by molar-refractivity contribution is 6.23.